The number of rotatable bonds is 1. The molecule has 4 nitrogen and oxygen atoms in total. The van der Waals surface area contributed by atoms with E-state index in [4.69, 9.17) is 5.73 Å². The number of benzene rings is 1. The highest BCUT2D eigenvalue weighted by molar-refractivity contribution is 5.92. The Morgan fingerprint density at radius 2 is 2.00 bits per heavy atom. The molecule has 0 spiro atoms. The molecule has 2 amide bonds. The van der Waals surface area contributed by atoms with Gasteiger partial charge in [0.15, 0.2) is 0 Å². The Balaban J connectivity index is 2.70. The molecule has 4 N–H and O–H groups in total. The van der Waals surface area contributed by atoms with Gasteiger partial charge in [-0.3, -0.25) is 0 Å². The number of urea groups is 1. The van der Waals surface area contributed by atoms with Gasteiger partial charge in [-0.15, -0.1) is 0 Å². The van der Waals surface area contributed by atoms with E-state index in [1.807, 2.05) is 20.8 Å². The molecule has 1 aromatic rings. The van der Waals surface area contributed by atoms with Crippen molar-refractivity contribution in [3.8, 4) is 0 Å². The number of halogens is 1. The number of amides is 2. The fourth-order valence-electron chi connectivity index (χ4n) is 1.14. The molecular formula is C11H16FN3O. The smallest absolute Gasteiger partial charge is 0.319 e. The Morgan fingerprint density at radius 1 is 1.38 bits per heavy atom. The first kappa shape index (κ1) is 12.3. The van der Waals surface area contributed by atoms with Crippen LogP contribution < -0.4 is 16.4 Å². The van der Waals surface area contributed by atoms with Crippen molar-refractivity contribution in [2.24, 2.45) is 0 Å². The van der Waals surface area contributed by atoms with Gasteiger partial charge < -0.3 is 16.4 Å². The van der Waals surface area contributed by atoms with E-state index in [-0.39, 0.29) is 17.3 Å². The first-order valence-electron chi connectivity index (χ1n) is 4.92. The first-order chi connectivity index (χ1) is 7.28. The Kier molecular flexibility index (Phi) is 3.37. The second kappa shape index (κ2) is 4.38. The summed E-state index contributed by atoms with van der Waals surface area (Å²) >= 11 is 0. The summed E-state index contributed by atoms with van der Waals surface area (Å²) < 4.78 is 12.7. The molecule has 0 heterocycles. The zero-order valence-corrected chi connectivity index (χ0v) is 9.60. The second-order valence-electron chi connectivity index (χ2n) is 4.56. The van der Waals surface area contributed by atoms with Crippen LogP contribution in [0.2, 0.25) is 0 Å². The highest BCUT2D eigenvalue weighted by Crippen LogP contribution is 2.18. The summed E-state index contributed by atoms with van der Waals surface area (Å²) in [6, 6.07) is 3.45. The SMILES string of the molecule is CC(C)(C)NC(=O)Nc1ccc(F)cc1N. The van der Waals surface area contributed by atoms with Crippen molar-refractivity contribution in [3.05, 3.63) is 24.0 Å². The summed E-state index contributed by atoms with van der Waals surface area (Å²) in [7, 11) is 0. The van der Waals surface area contributed by atoms with Gasteiger partial charge in [-0.05, 0) is 39.0 Å². The normalized spacial score (nSPS) is 11.0. The lowest BCUT2D eigenvalue weighted by molar-refractivity contribution is 0.244. The monoisotopic (exact) mass is 225 g/mol. The largest absolute Gasteiger partial charge is 0.397 e. The van der Waals surface area contributed by atoms with E-state index in [0.29, 0.717) is 5.69 Å². The molecule has 1 rings (SSSR count). The maximum Gasteiger partial charge on any atom is 0.319 e. The Hall–Kier alpha value is -1.78. The van der Waals surface area contributed by atoms with Gasteiger partial charge in [0, 0.05) is 5.54 Å². The topological polar surface area (TPSA) is 67.2 Å². The molecule has 0 atom stereocenters. The summed E-state index contributed by atoms with van der Waals surface area (Å²) in [4.78, 5) is 11.5. The highest BCUT2D eigenvalue weighted by Gasteiger charge is 2.14. The summed E-state index contributed by atoms with van der Waals surface area (Å²) in [5, 5.41) is 5.26. The van der Waals surface area contributed by atoms with E-state index in [0.717, 1.165) is 6.07 Å². The number of anilines is 2. The zero-order chi connectivity index (χ0) is 12.3. The van der Waals surface area contributed by atoms with Crippen molar-refractivity contribution in [1.82, 2.24) is 5.32 Å². The van der Waals surface area contributed by atoms with Crippen molar-refractivity contribution in [2.75, 3.05) is 11.1 Å². The lowest BCUT2D eigenvalue weighted by Gasteiger charge is -2.21. The minimum Gasteiger partial charge on any atom is -0.397 e. The van der Waals surface area contributed by atoms with Crippen molar-refractivity contribution in [2.45, 2.75) is 26.3 Å². The van der Waals surface area contributed by atoms with E-state index in [9.17, 15) is 9.18 Å². The molecule has 0 saturated heterocycles. The van der Waals surface area contributed by atoms with Crippen LogP contribution in [-0.4, -0.2) is 11.6 Å². The molecule has 88 valence electrons. The Labute approximate surface area is 94.0 Å². The van der Waals surface area contributed by atoms with Crippen LogP contribution in [0, 0.1) is 5.82 Å². The molecule has 5 heteroatoms. The minimum absolute atomic E-state index is 0.198. The van der Waals surface area contributed by atoms with Gasteiger partial charge in [-0.2, -0.15) is 0 Å². The molecule has 0 aliphatic heterocycles. The molecule has 0 aliphatic carbocycles. The van der Waals surface area contributed by atoms with Crippen LogP contribution in [0.15, 0.2) is 18.2 Å². The second-order valence-corrected chi connectivity index (χ2v) is 4.56. The molecule has 0 bridgehead atoms. The van der Waals surface area contributed by atoms with Crippen LogP contribution in [0.1, 0.15) is 20.8 Å². The Morgan fingerprint density at radius 3 is 2.50 bits per heavy atom. The average molecular weight is 225 g/mol. The van der Waals surface area contributed by atoms with Crippen LogP contribution in [0.5, 0.6) is 0 Å². The fourth-order valence-corrected chi connectivity index (χ4v) is 1.14. The summed E-state index contributed by atoms with van der Waals surface area (Å²) in [5.74, 6) is -0.431. The van der Waals surface area contributed by atoms with Gasteiger partial charge in [0.1, 0.15) is 5.82 Å². The maximum absolute atomic E-state index is 12.7. The average Bonchev–Trinajstić information content (AvgIpc) is 2.06. The van der Waals surface area contributed by atoms with Gasteiger partial charge in [0.2, 0.25) is 0 Å². The minimum atomic E-state index is -0.431. The van der Waals surface area contributed by atoms with Crippen LogP contribution in [0.4, 0.5) is 20.6 Å². The van der Waals surface area contributed by atoms with Crippen LogP contribution in [-0.2, 0) is 0 Å². The summed E-state index contributed by atoms with van der Waals surface area (Å²) in [6.45, 7) is 5.59. The van der Waals surface area contributed by atoms with Gasteiger partial charge in [0.05, 0.1) is 11.4 Å². The molecule has 0 aliphatic rings. The van der Waals surface area contributed by atoms with Crippen molar-refractivity contribution in [3.63, 3.8) is 0 Å². The van der Waals surface area contributed by atoms with Gasteiger partial charge in [0.25, 0.3) is 0 Å². The van der Waals surface area contributed by atoms with E-state index in [2.05, 4.69) is 10.6 Å². The van der Waals surface area contributed by atoms with Gasteiger partial charge >= 0.3 is 6.03 Å². The predicted molar refractivity (Wildman–Crippen MR) is 62.7 cm³/mol. The van der Waals surface area contributed by atoms with Crippen LogP contribution >= 0.6 is 0 Å². The molecule has 16 heavy (non-hydrogen) atoms. The summed E-state index contributed by atoms with van der Waals surface area (Å²) in [5.41, 5.74) is 5.81. The van der Waals surface area contributed by atoms with E-state index in [1.165, 1.54) is 12.1 Å². The molecule has 0 radical (unpaired) electrons. The number of nitrogens with two attached hydrogens (primary N) is 1. The highest BCUT2D eigenvalue weighted by atomic mass is 19.1. The lowest BCUT2D eigenvalue weighted by Crippen LogP contribution is -2.43. The standard InChI is InChI=1S/C11H16FN3O/c1-11(2,3)15-10(16)14-9-5-4-7(12)6-8(9)13/h4-6H,13H2,1-3H3,(H2,14,15,16). The fraction of sp³-hybridized carbons (Fsp3) is 0.364. The van der Waals surface area contributed by atoms with Crippen LogP contribution in [0.25, 0.3) is 0 Å². The quantitative estimate of drug-likeness (QED) is 0.642. The third kappa shape index (κ3) is 3.76. The first-order valence-corrected chi connectivity index (χ1v) is 4.92. The van der Waals surface area contributed by atoms with E-state index in [1.54, 1.807) is 0 Å². The van der Waals surface area contributed by atoms with Crippen molar-refractivity contribution >= 4 is 17.4 Å². The molecule has 0 aromatic heterocycles. The van der Waals surface area contributed by atoms with Crippen molar-refractivity contribution in [1.29, 1.82) is 0 Å². The number of nitrogens with one attached hydrogen (secondary N) is 2. The number of carbonyl (C=O) groups is 1. The zero-order valence-electron chi connectivity index (χ0n) is 9.60. The van der Waals surface area contributed by atoms with Gasteiger partial charge in [-0.1, -0.05) is 0 Å². The Bertz CT molecular complexity index is 399. The molecule has 0 fully saturated rings. The predicted octanol–water partition coefficient (Wildman–Crippen LogP) is 2.33. The third-order valence-electron chi connectivity index (χ3n) is 1.75. The molecule has 1 aromatic carbocycles. The van der Waals surface area contributed by atoms with Gasteiger partial charge in [-0.25, -0.2) is 9.18 Å². The maximum atomic E-state index is 12.7. The van der Waals surface area contributed by atoms with Crippen LogP contribution in [0.3, 0.4) is 0 Å². The number of nitrogen functional groups attached to an aromatic ring is 1. The summed E-state index contributed by atoms with van der Waals surface area (Å²) in [6.07, 6.45) is 0. The van der Waals surface area contributed by atoms with E-state index < -0.39 is 5.82 Å². The van der Waals surface area contributed by atoms with Crippen molar-refractivity contribution < 1.29 is 9.18 Å². The number of carbonyl (C=O) groups excluding carboxylic acids is 1. The molecular weight excluding hydrogens is 209 g/mol. The number of hydrogen-bond donors (Lipinski definition) is 3. The van der Waals surface area contributed by atoms with E-state index >= 15 is 0 Å². The molecule has 0 saturated carbocycles. The number of hydrogen-bond acceptors (Lipinski definition) is 2. The molecule has 0 unspecified atom stereocenters. The lowest BCUT2D eigenvalue weighted by atomic mass is 10.1. The third-order valence-corrected chi connectivity index (χ3v) is 1.75.